The molecule has 0 aliphatic heterocycles. The van der Waals surface area contributed by atoms with E-state index in [0.717, 1.165) is 0 Å². The second-order valence-electron chi connectivity index (χ2n) is 0.327. The van der Waals surface area contributed by atoms with Crippen LogP contribution in [0.4, 0.5) is 0 Å². The minimum Gasteiger partial charge on any atom is -0.585 e. The summed E-state index contributed by atoms with van der Waals surface area (Å²) in [4.78, 5) is 0. The van der Waals surface area contributed by atoms with Gasteiger partial charge in [-0.3, -0.25) is 0 Å². The quantitative estimate of drug-likeness (QED) is 0.322. The molecule has 30 valence electrons. The van der Waals surface area contributed by atoms with Gasteiger partial charge >= 0.3 is 0 Å². The lowest BCUT2D eigenvalue weighted by atomic mass is 12.8. The maximum Gasteiger partial charge on any atom is 0.211 e. The van der Waals surface area contributed by atoms with Gasteiger partial charge < -0.3 is 15.6 Å². The third kappa shape index (κ3) is 3.00. The SMILES string of the molecule is [O-][N+]([O-])=NO. The van der Waals surface area contributed by atoms with Crippen LogP contribution in [-0.4, -0.2) is 10.2 Å². The molecule has 0 amide bonds. The molecule has 0 saturated heterocycles. The minimum atomic E-state index is -1.19. The first-order chi connectivity index (χ1) is 2.27. The molecular formula is HN2O3-. The van der Waals surface area contributed by atoms with Gasteiger partial charge in [0.2, 0.25) is 5.28 Å². The number of hydrogen-bond donors (Lipinski definition) is 1. The maximum absolute atomic E-state index is 8.76. The Balaban J connectivity index is 3.14. The second-order valence-corrected chi connectivity index (χ2v) is 0.327. The van der Waals surface area contributed by atoms with Crippen molar-refractivity contribution in [3.8, 4) is 0 Å². The van der Waals surface area contributed by atoms with E-state index in [0.29, 0.717) is 0 Å². The van der Waals surface area contributed by atoms with Crippen molar-refractivity contribution >= 4 is 0 Å². The maximum atomic E-state index is 8.76. The van der Waals surface area contributed by atoms with Crippen molar-refractivity contribution in [1.29, 1.82) is 0 Å². The van der Waals surface area contributed by atoms with Crippen LogP contribution in [0.2, 0.25) is 0 Å². The number of nitrogens with zero attached hydrogens (tertiary/aromatic N) is 2. The van der Waals surface area contributed by atoms with Gasteiger partial charge in [-0.1, -0.05) is 0 Å². The second kappa shape index (κ2) is 1.33. The molecule has 0 fully saturated rings. The third-order valence-electron chi connectivity index (χ3n) is 0.0730. The van der Waals surface area contributed by atoms with E-state index in [1.54, 1.807) is 5.28 Å². The Morgan fingerprint density at radius 3 is 1.80 bits per heavy atom. The highest BCUT2D eigenvalue weighted by Gasteiger charge is 1.54. The zero-order valence-electron chi connectivity index (χ0n) is 2.16. The van der Waals surface area contributed by atoms with Gasteiger partial charge in [-0.05, 0) is 5.02 Å². The highest BCUT2D eigenvalue weighted by molar-refractivity contribution is 3.97. The molecule has 5 nitrogen and oxygen atoms in total. The van der Waals surface area contributed by atoms with Crippen molar-refractivity contribution < 1.29 is 10.2 Å². The molecule has 0 aromatic carbocycles. The summed E-state index contributed by atoms with van der Waals surface area (Å²) in [7, 11) is 0. The van der Waals surface area contributed by atoms with Crippen LogP contribution in [0.1, 0.15) is 0 Å². The van der Waals surface area contributed by atoms with E-state index >= 15 is 0 Å². The van der Waals surface area contributed by atoms with Crippen molar-refractivity contribution in [3.05, 3.63) is 10.4 Å². The van der Waals surface area contributed by atoms with Crippen molar-refractivity contribution in [1.82, 2.24) is 0 Å². The highest BCUT2D eigenvalue weighted by atomic mass is 16.8. The van der Waals surface area contributed by atoms with E-state index in [2.05, 4.69) is 0 Å². The predicted molar refractivity (Wildman–Crippen MR) is 11.2 cm³/mol. The molecule has 0 bridgehead atoms. The Hall–Kier alpha value is -1.00. The zero-order chi connectivity index (χ0) is 4.28. The van der Waals surface area contributed by atoms with E-state index in [-0.39, 0.29) is 0 Å². The van der Waals surface area contributed by atoms with Gasteiger partial charge in [-0.15, -0.1) is 0 Å². The summed E-state index contributed by atoms with van der Waals surface area (Å²) in [5.74, 6) is 0. The minimum absolute atomic E-state index is 1.19. The molecule has 5 heavy (non-hydrogen) atoms. The average molecular weight is 77.0 g/mol. The topological polar surface area (TPSA) is 81.7 Å². The molecule has 0 aliphatic rings. The molecule has 0 aromatic rings. The largest absolute Gasteiger partial charge is 0.585 e. The molecule has 0 aromatic heterocycles. The first-order valence-corrected chi connectivity index (χ1v) is 0.765. The van der Waals surface area contributed by atoms with E-state index in [9.17, 15) is 0 Å². The smallest absolute Gasteiger partial charge is 0.211 e. The first-order valence-electron chi connectivity index (χ1n) is 0.765. The summed E-state index contributed by atoms with van der Waals surface area (Å²) in [5, 5.41) is 25.0. The summed E-state index contributed by atoms with van der Waals surface area (Å²) < 4.78 is 0. The molecule has 1 N–H and O–H groups in total. The average Bonchev–Trinajstić information content (AvgIpc) is 1.38. The van der Waals surface area contributed by atoms with Crippen molar-refractivity contribution in [2.45, 2.75) is 0 Å². The van der Waals surface area contributed by atoms with E-state index in [1.165, 1.54) is 0 Å². The Kier molecular flexibility index (Phi) is 1.07. The fourth-order valence-electron chi connectivity index (χ4n) is 0. The number of rotatable bonds is 0. The normalized spacial score (nSPS) is 6.40. The van der Waals surface area contributed by atoms with Crippen molar-refractivity contribution in [3.63, 3.8) is 0 Å². The Morgan fingerprint density at radius 1 is 1.60 bits per heavy atom. The number of hydrogen-bond acceptors (Lipinski definition) is 3. The lowest BCUT2D eigenvalue weighted by Gasteiger charge is -1.89. The van der Waals surface area contributed by atoms with E-state index in [4.69, 9.17) is 15.6 Å². The van der Waals surface area contributed by atoms with Gasteiger partial charge in [0, 0.05) is 0 Å². The summed E-state index contributed by atoms with van der Waals surface area (Å²) in [6, 6.07) is 0. The molecule has 0 rings (SSSR count). The van der Waals surface area contributed by atoms with E-state index < -0.39 is 5.02 Å². The molecule has 5 heteroatoms. The molecule has 0 unspecified atom stereocenters. The van der Waals surface area contributed by atoms with E-state index in [1.807, 2.05) is 0 Å². The Morgan fingerprint density at radius 2 is 1.80 bits per heavy atom. The third-order valence-corrected chi connectivity index (χ3v) is 0.0730. The molecule has 0 saturated carbocycles. The summed E-state index contributed by atoms with van der Waals surface area (Å²) >= 11 is 0. The fourth-order valence-corrected chi connectivity index (χ4v) is 0. The van der Waals surface area contributed by atoms with Crippen molar-refractivity contribution in [2.75, 3.05) is 0 Å². The van der Waals surface area contributed by atoms with Crippen LogP contribution in [0.15, 0.2) is 5.28 Å². The molecule has 0 spiro atoms. The van der Waals surface area contributed by atoms with Crippen LogP contribution >= 0.6 is 0 Å². The molecule has 0 radical (unpaired) electrons. The lowest BCUT2D eigenvalue weighted by Crippen LogP contribution is -1.80. The van der Waals surface area contributed by atoms with Crippen LogP contribution in [0.25, 0.3) is 0 Å². The first kappa shape index (κ1) is 4.00. The van der Waals surface area contributed by atoms with Gasteiger partial charge in [0.1, 0.15) is 0 Å². The highest BCUT2D eigenvalue weighted by Crippen LogP contribution is 1.57. The Bertz CT molecular complexity index is 42.9. The van der Waals surface area contributed by atoms with Crippen LogP contribution in [-0.2, 0) is 0 Å². The summed E-state index contributed by atoms with van der Waals surface area (Å²) in [5.41, 5.74) is 0. The molecule has 0 heterocycles. The van der Waals surface area contributed by atoms with Crippen LogP contribution in [0.3, 0.4) is 0 Å². The fraction of sp³-hybridized carbons (Fsp3) is 0. The van der Waals surface area contributed by atoms with Gasteiger partial charge in [0.25, 0.3) is 0 Å². The van der Waals surface area contributed by atoms with Gasteiger partial charge in [0.15, 0.2) is 0 Å². The van der Waals surface area contributed by atoms with Crippen LogP contribution < -0.4 is 0 Å². The predicted octanol–water partition coefficient (Wildman–Crippen LogP) is -0.164. The van der Waals surface area contributed by atoms with Crippen molar-refractivity contribution in [2.24, 2.45) is 5.28 Å². The van der Waals surface area contributed by atoms with Crippen LogP contribution in [0.5, 0.6) is 0 Å². The molecule has 0 aliphatic carbocycles. The zero-order valence-corrected chi connectivity index (χ0v) is 2.16. The van der Waals surface area contributed by atoms with Gasteiger partial charge in [-0.2, -0.15) is 0 Å². The van der Waals surface area contributed by atoms with Crippen LogP contribution in [0, 0.1) is 10.4 Å². The standard InChI is InChI=1S/HN2O3/c3-1-2(4)5/h(H-,1,3,4,5)/q-1. The summed E-state index contributed by atoms with van der Waals surface area (Å²) in [6.07, 6.45) is 0. The van der Waals surface area contributed by atoms with Gasteiger partial charge in [-0.25, -0.2) is 0 Å². The Labute approximate surface area is 27.3 Å². The monoisotopic (exact) mass is 77.0 g/mol. The molecule has 0 atom stereocenters. The summed E-state index contributed by atoms with van der Waals surface area (Å²) in [6.45, 7) is 0. The molecular weight excluding hydrogens is 76.0 g/mol. The van der Waals surface area contributed by atoms with Gasteiger partial charge in [0.05, 0.1) is 0 Å². The lowest BCUT2D eigenvalue weighted by molar-refractivity contribution is -0.489.